The Morgan fingerprint density at radius 1 is 1.13 bits per heavy atom. The number of aromatic hydroxyl groups is 1. The van der Waals surface area contributed by atoms with Crippen LogP contribution in [-0.2, 0) is 4.79 Å². The Morgan fingerprint density at radius 2 is 1.93 bits per heavy atom. The van der Waals surface area contributed by atoms with Crippen molar-refractivity contribution in [1.82, 2.24) is 30.3 Å². The highest BCUT2D eigenvalue weighted by Crippen LogP contribution is 2.31. The van der Waals surface area contributed by atoms with Crippen LogP contribution < -0.4 is 0 Å². The Labute approximate surface area is 173 Å². The topological polar surface area (TPSA) is 111 Å². The Bertz CT molecular complexity index is 1160. The van der Waals surface area contributed by atoms with Crippen LogP contribution in [0, 0.1) is 0 Å². The standard InChI is InChI=1S/C15H11N5O.C7H11NO/c21-14-4-2-1-3-9(14)13-7-10-11(12-5-6-17-18-12)8-16-15(10)20-19-13;1-2-7(9)8-5-3-4-6-8/h1-8,21H,(H,16,20)(H,17,18);2H,1,3-6H2. The lowest BCUT2D eigenvalue weighted by molar-refractivity contribution is -0.124. The van der Waals surface area contributed by atoms with E-state index in [1.54, 1.807) is 18.3 Å². The molecule has 0 unspecified atom stereocenters. The average Bonchev–Trinajstić information content (AvgIpc) is 3.55. The predicted molar refractivity (Wildman–Crippen MR) is 115 cm³/mol. The second kappa shape index (κ2) is 8.60. The van der Waals surface area contributed by atoms with Crippen molar-refractivity contribution in [3.63, 3.8) is 0 Å². The van der Waals surface area contributed by atoms with E-state index in [2.05, 4.69) is 32.0 Å². The minimum Gasteiger partial charge on any atom is -0.507 e. The summed E-state index contributed by atoms with van der Waals surface area (Å²) in [7, 11) is 0. The SMILES string of the molecule is C=CC(=O)N1CCCC1.Oc1ccccc1-c1cc2c(-c3ccn[nH]3)c[nH]c2nn1. The molecule has 4 aromatic rings. The lowest BCUT2D eigenvalue weighted by Crippen LogP contribution is -2.25. The number of hydrogen-bond acceptors (Lipinski definition) is 5. The van der Waals surface area contributed by atoms with E-state index in [1.807, 2.05) is 35.4 Å². The average molecular weight is 402 g/mol. The van der Waals surface area contributed by atoms with Crippen LogP contribution in [0.2, 0.25) is 0 Å². The summed E-state index contributed by atoms with van der Waals surface area (Å²) in [6.45, 7) is 5.26. The summed E-state index contributed by atoms with van der Waals surface area (Å²) >= 11 is 0. The summed E-state index contributed by atoms with van der Waals surface area (Å²) in [5.41, 5.74) is 3.84. The maximum absolute atomic E-state index is 10.8. The number of likely N-dealkylation sites (tertiary alicyclic amines) is 1. The number of fused-ring (bicyclic) bond motifs is 1. The second-order valence-electron chi connectivity index (χ2n) is 6.92. The summed E-state index contributed by atoms with van der Waals surface area (Å²) in [6.07, 6.45) is 7.25. The molecule has 1 aromatic carbocycles. The zero-order valence-corrected chi connectivity index (χ0v) is 16.4. The summed E-state index contributed by atoms with van der Waals surface area (Å²) < 4.78 is 0. The number of carbonyl (C=O) groups is 1. The van der Waals surface area contributed by atoms with Crippen molar-refractivity contribution in [2.75, 3.05) is 13.1 Å². The number of benzene rings is 1. The molecule has 0 spiro atoms. The summed E-state index contributed by atoms with van der Waals surface area (Å²) in [4.78, 5) is 15.7. The minimum atomic E-state index is 0.0764. The molecule has 4 heterocycles. The van der Waals surface area contributed by atoms with Gasteiger partial charge in [-0.05, 0) is 43.2 Å². The largest absolute Gasteiger partial charge is 0.507 e. The maximum Gasteiger partial charge on any atom is 0.245 e. The number of rotatable bonds is 3. The van der Waals surface area contributed by atoms with Gasteiger partial charge in [0.15, 0.2) is 5.65 Å². The Balaban J connectivity index is 0.000000204. The summed E-state index contributed by atoms with van der Waals surface area (Å²) in [6, 6.07) is 10.9. The molecule has 0 bridgehead atoms. The molecule has 1 saturated heterocycles. The third-order valence-corrected chi connectivity index (χ3v) is 5.00. The Kier molecular flexibility index (Phi) is 5.56. The normalized spacial score (nSPS) is 13.1. The van der Waals surface area contributed by atoms with E-state index >= 15 is 0 Å². The first-order chi connectivity index (χ1) is 14.7. The fraction of sp³-hybridized carbons (Fsp3) is 0.182. The van der Waals surface area contributed by atoms with E-state index in [1.165, 1.54) is 6.08 Å². The first kappa shape index (κ1) is 19.4. The van der Waals surface area contributed by atoms with Crippen LogP contribution in [0.5, 0.6) is 5.75 Å². The number of aromatic amines is 2. The smallest absolute Gasteiger partial charge is 0.245 e. The number of H-pyrrole nitrogens is 2. The maximum atomic E-state index is 10.8. The number of phenols is 1. The van der Waals surface area contributed by atoms with E-state index < -0.39 is 0 Å². The number of hydrogen-bond donors (Lipinski definition) is 3. The number of nitrogens with one attached hydrogen (secondary N) is 2. The highest BCUT2D eigenvalue weighted by atomic mass is 16.3. The quantitative estimate of drug-likeness (QED) is 0.454. The monoisotopic (exact) mass is 402 g/mol. The van der Waals surface area contributed by atoms with Crippen molar-refractivity contribution in [1.29, 1.82) is 0 Å². The first-order valence-corrected chi connectivity index (χ1v) is 9.71. The van der Waals surface area contributed by atoms with Crippen LogP contribution >= 0.6 is 0 Å². The van der Waals surface area contributed by atoms with Gasteiger partial charge >= 0.3 is 0 Å². The van der Waals surface area contributed by atoms with Gasteiger partial charge < -0.3 is 15.0 Å². The number of amides is 1. The van der Waals surface area contributed by atoms with Gasteiger partial charge in [0.2, 0.25) is 5.91 Å². The molecule has 152 valence electrons. The third kappa shape index (κ3) is 3.93. The van der Waals surface area contributed by atoms with Crippen molar-refractivity contribution < 1.29 is 9.90 Å². The van der Waals surface area contributed by atoms with Crippen LogP contribution in [0.25, 0.3) is 33.5 Å². The number of aromatic nitrogens is 5. The molecular formula is C22H22N6O2. The molecule has 0 radical (unpaired) electrons. The molecule has 5 rings (SSSR count). The van der Waals surface area contributed by atoms with Crippen molar-refractivity contribution in [2.24, 2.45) is 0 Å². The Hall–Kier alpha value is -3.94. The van der Waals surface area contributed by atoms with Gasteiger partial charge in [0.1, 0.15) is 5.75 Å². The van der Waals surface area contributed by atoms with Crippen molar-refractivity contribution >= 4 is 16.9 Å². The zero-order valence-electron chi connectivity index (χ0n) is 16.4. The van der Waals surface area contributed by atoms with Crippen LogP contribution in [0.15, 0.2) is 61.4 Å². The number of para-hydroxylation sites is 1. The molecule has 1 amide bonds. The van der Waals surface area contributed by atoms with Gasteiger partial charge in [-0.25, -0.2) is 0 Å². The van der Waals surface area contributed by atoms with E-state index in [0.29, 0.717) is 16.9 Å². The highest BCUT2D eigenvalue weighted by molar-refractivity contribution is 5.94. The van der Waals surface area contributed by atoms with E-state index in [0.717, 1.165) is 42.6 Å². The molecule has 3 aromatic heterocycles. The van der Waals surface area contributed by atoms with E-state index in [-0.39, 0.29) is 11.7 Å². The van der Waals surface area contributed by atoms with Crippen molar-refractivity contribution in [2.45, 2.75) is 12.8 Å². The predicted octanol–water partition coefficient (Wildman–Crippen LogP) is 3.52. The van der Waals surface area contributed by atoms with E-state index in [9.17, 15) is 9.90 Å². The molecular weight excluding hydrogens is 380 g/mol. The van der Waals surface area contributed by atoms with Gasteiger partial charge in [-0.15, -0.1) is 10.2 Å². The van der Waals surface area contributed by atoms with Gasteiger partial charge in [-0.3, -0.25) is 9.89 Å². The first-order valence-electron chi connectivity index (χ1n) is 9.71. The zero-order chi connectivity index (χ0) is 20.9. The molecule has 1 fully saturated rings. The fourth-order valence-corrected chi connectivity index (χ4v) is 3.44. The molecule has 3 N–H and O–H groups in total. The molecule has 0 saturated carbocycles. The van der Waals surface area contributed by atoms with Crippen LogP contribution in [-0.4, -0.2) is 54.4 Å². The molecule has 8 nitrogen and oxygen atoms in total. The van der Waals surface area contributed by atoms with Crippen molar-refractivity contribution in [3.8, 4) is 28.3 Å². The molecule has 1 aliphatic rings. The number of nitrogens with zero attached hydrogens (tertiary/aromatic N) is 4. The summed E-state index contributed by atoms with van der Waals surface area (Å²) in [5.74, 6) is 0.261. The van der Waals surface area contributed by atoms with Gasteiger partial charge in [0.05, 0.1) is 11.4 Å². The van der Waals surface area contributed by atoms with Crippen LogP contribution in [0.4, 0.5) is 0 Å². The third-order valence-electron chi connectivity index (χ3n) is 5.00. The second-order valence-corrected chi connectivity index (χ2v) is 6.92. The number of phenolic OH excluding ortho intramolecular Hbond substituents is 1. The molecule has 8 heteroatoms. The molecule has 1 aliphatic heterocycles. The van der Waals surface area contributed by atoms with Gasteiger partial charge in [0.25, 0.3) is 0 Å². The minimum absolute atomic E-state index is 0.0764. The molecule has 0 atom stereocenters. The Morgan fingerprint density at radius 3 is 2.63 bits per heavy atom. The lowest BCUT2D eigenvalue weighted by Gasteiger charge is -2.10. The van der Waals surface area contributed by atoms with Crippen molar-refractivity contribution in [3.05, 3.63) is 61.4 Å². The van der Waals surface area contributed by atoms with Gasteiger partial charge in [-0.2, -0.15) is 5.10 Å². The van der Waals surface area contributed by atoms with Gasteiger partial charge in [-0.1, -0.05) is 18.7 Å². The number of carbonyl (C=O) groups excluding carboxylic acids is 1. The highest BCUT2D eigenvalue weighted by Gasteiger charge is 2.14. The van der Waals surface area contributed by atoms with Crippen LogP contribution in [0.3, 0.4) is 0 Å². The lowest BCUT2D eigenvalue weighted by atomic mass is 10.1. The molecule has 30 heavy (non-hydrogen) atoms. The molecule has 0 aliphatic carbocycles. The summed E-state index contributed by atoms with van der Waals surface area (Å²) in [5, 5.41) is 26.1. The van der Waals surface area contributed by atoms with Crippen LogP contribution in [0.1, 0.15) is 12.8 Å². The van der Waals surface area contributed by atoms with E-state index in [4.69, 9.17) is 0 Å². The fourth-order valence-electron chi connectivity index (χ4n) is 3.44. The van der Waals surface area contributed by atoms with Gasteiger partial charge in [0, 0.05) is 42.0 Å².